The molecule has 1 saturated heterocycles. The number of anilines is 1. The smallest absolute Gasteiger partial charge is 0.386 e. The zero-order valence-corrected chi connectivity index (χ0v) is 11.5. The van der Waals surface area contributed by atoms with Gasteiger partial charge >= 0.3 is 6.18 Å². The zero-order valence-electron chi connectivity index (χ0n) is 11.5. The van der Waals surface area contributed by atoms with E-state index < -0.39 is 28.0 Å². The largest absolute Gasteiger partial charge is 0.418 e. The van der Waals surface area contributed by atoms with Crippen LogP contribution in [-0.2, 0) is 6.18 Å². The lowest BCUT2D eigenvalue weighted by atomic mass is 9.82. The number of hydrogen-bond donors (Lipinski definition) is 1. The molecule has 0 spiro atoms. The van der Waals surface area contributed by atoms with Gasteiger partial charge in [-0.3, -0.25) is 10.1 Å². The molecule has 1 aliphatic rings. The quantitative estimate of drug-likeness (QED) is 0.689. The van der Waals surface area contributed by atoms with E-state index in [9.17, 15) is 28.4 Å². The summed E-state index contributed by atoms with van der Waals surface area (Å²) in [6, 6.07) is 2.65. The van der Waals surface area contributed by atoms with Crippen molar-refractivity contribution in [3.63, 3.8) is 0 Å². The highest BCUT2D eigenvalue weighted by atomic mass is 19.4. The van der Waals surface area contributed by atoms with Crippen molar-refractivity contribution in [2.75, 3.05) is 18.0 Å². The number of β-amino-alcohol motifs (C(OH)–C–C–N with tert-alkyl or cyclic N) is 1. The molecular formula is C13H15F3N2O3. The Hall–Kier alpha value is -1.83. The molecule has 116 valence electrons. The van der Waals surface area contributed by atoms with Gasteiger partial charge in [0.15, 0.2) is 0 Å². The van der Waals surface area contributed by atoms with Crippen LogP contribution in [0, 0.1) is 16.0 Å². The molecule has 21 heavy (non-hydrogen) atoms. The van der Waals surface area contributed by atoms with E-state index in [0.29, 0.717) is 6.07 Å². The normalized spacial score (nSPS) is 17.8. The Morgan fingerprint density at radius 1 is 1.38 bits per heavy atom. The second-order valence-corrected chi connectivity index (χ2v) is 5.57. The summed E-state index contributed by atoms with van der Waals surface area (Å²) in [5.74, 6) is -0.0823. The maximum absolute atomic E-state index is 13.1. The molecule has 2 rings (SSSR count). The summed E-state index contributed by atoms with van der Waals surface area (Å²) in [7, 11) is 0. The van der Waals surface area contributed by atoms with Crippen LogP contribution in [-0.4, -0.2) is 28.7 Å². The van der Waals surface area contributed by atoms with Crippen LogP contribution < -0.4 is 4.90 Å². The lowest BCUT2D eigenvalue weighted by Gasteiger charge is -2.50. The van der Waals surface area contributed by atoms with E-state index in [1.807, 2.05) is 0 Å². The fourth-order valence-corrected chi connectivity index (χ4v) is 2.29. The molecule has 1 heterocycles. The van der Waals surface area contributed by atoms with E-state index >= 15 is 0 Å². The van der Waals surface area contributed by atoms with Crippen LogP contribution in [0.3, 0.4) is 0 Å². The van der Waals surface area contributed by atoms with Crippen LogP contribution in [0.25, 0.3) is 0 Å². The van der Waals surface area contributed by atoms with Gasteiger partial charge in [-0.15, -0.1) is 0 Å². The summed E-state index contributed by atoms with van der Waals surface area (Å²) >= 11 is 0. The van der Waals surface area contributed by atoms with Gasteiger partial charge in [-0.1, -0.05) is 13.8 Å². The summed E-state index contributed by atoms with van der Waals surface area (Å²) in [6.07, 6.45) is -4.69. The van der Waals surface area contributed by atoms with Gasteiger partial charge in [0.1, 0.15) is 5.60 Å². The topological polar surface area (TPSA) is 66.6 Å². The number of alkyl halides is 3. The average molecular weight is 304 g/mol. The van der Waals surface area contributed by atoms with Crippen molar-refractivity contribution in [3.8, 4) is 0 Å². The van der Waals surface area contributed by atoms with E-state index in [2.05, 4.69) is 0 Å². The second kappa shape index (κ2) is 4.87. The number of aliphatic hydroxyl groups is 1. The van der Waals surface area contributed by atoms with Gasteiger partial charge in [0.05, 0.1) is 10.5 Å². The predicted molar refractivity (Wildman–Crippen MR) is 70.1 cm³/mol. The second-order valence-electron chi connectivity index (χ2n) is 5.57. The number of nitrogens with zero attached hydrogens (tertiary/aromatic N) is 2. The van der Waals surface area contributed by atoms with Gasteiger partial charge in [-0.25, -0.2) is 0 Å². The van der Waals surface area contributed by atoms with Crippen LogP contribution in [0.4, 0.5) is 24.5 Å². The van der Waals surface area contributed by atoms with Gasteiger partial charge in [0.2, 0.25) is 0 Å². The van der Waals surface area contributed by atoms with E-state index in [4.69, 9.17) is 0 Å². The standard InChI is InChI=1S/C13H15F3N2O3/c1-8(2)12(19)6-17(7-12)11-4-3-9(18(20)21)5-10(11)13(14,15)16/h3-5,8,19H,6-7H2,1-2H3. The molecule has 1 N–H and O–H groups in total. The number of halogens is 3. The van der Waals surface area contributed by atoms with Gasteiger partial charge in [-0.2, -0.15) is 13.2 Å². The molecule has 0 atom stereocenters. The molecule has 0 amide bonds. The fourth-order valence-electron chi connectivity index (χ4n) is 2.29. The van der Waals surface area contributed by atoms with Crippen LogP contribution >= 0.6 is 0 Å². The first kappa shape index (κ1) is 15.6. The van der Waals surface area contributed by atoms with E-state index in [1.165, 1.54) is 4.90 Å². The molecular weight excluding hydrogens is 289 g/mol. The zero-order chi connectivity index (χ0) is 16.0. The Bertz CT molecular complexity index is 566. The Labute approximate surface area is 119 Å². The van der Waals surface area contributed by atoms with Crippen molar-refractivity contribution in [3.05, 3.63) is 33.9 Å². The highest BCUT2D eigenvalue weighted by molar-refractivity contribution is 5.61. The molecule has 0 saturated carbocycles. The van der Waals surface area contributed by atoms with Crippen LogP contribution in [0.15, 0.2) is 18.2 Å². The number of nitro groups is 1. The molecule has 1 aliphatic heterocycles. The van der Waals surface area contributed by atoms with Crippen molar-refractivity contribution < 1.29 is 23.2 Å². The van der Waals surface area contributed by atoms with Crippen LogP contribution in [0.2, 0.25) is 0 Å². The number of benzene rings is 1. The first-order valence-corrected chi connectivity index (χ1v) is 6.37. The average Bonchev–Trinajstić information content (AvgIpc) is 2.32. The van der Waals surface area contributed by atoms with E-state index in [-0.39, 0.29) is 24.7 Å². The molecule has 5 nitrogen and oxygen atoms in total. The Kier molecular flexibility index (Phi) is 3.61. The molecule has 8 heteroatoms. The fraction of sp³-hybridized carbons (Fsp3) is 0.538. The van der Waals surface area contributed by atoms with E-state index in [0.717, 1.165) is 12.1 Å². The highest BCUT2D eigenvalue weighted by Gasteiger charge is 2.46. The molecule has 1 fully saturated rings. The molecule has 0 unspecified atom stereocenters. The minimum Gasteiger partial charge on any atom is -0.386 e. The molecule has 0 aliphatic carbocycles. The Morgan fingerprint density at radius 3 is 2.38 bits per heavy atom. The molecule has 0 bridgehead atoms. The summed E-state index contributed by atoms with van der Waals surface area (Å²) in [5.41, 5.74) is -2.82. The summed E-state index contributed by atoms with van der Waals surface area (Å²) in [5, 5.41) is 20.7. The Morgan fingerprint density at radius 2 is 1.95 bits per heavy atom. The van der Waals surface area contributed by atoms with Crippen molar-refractivity contribution >= 4 is 11.4 Å². The summed E-state index contributed by atoms with van der Waals surface area (Å²) < 4.78 is 39.2. The lowest BCUT2D eigenvalue weighted by molar-refractivity contribution is -0.385. The van der Waals surface area contributed by atoms with Crippen LogP contribution in [0.5, 0.6) is 0 Å². The molecule has 1 aromatic carbocycles. The SMILES string of the molecule is CC(C)C1(O)CN(c2ccc([N+](=O)[O-])cc2C(F)(F)F)C1. The molecule has 0 aromatic heterocycles. The first-order valence-electron chi connectivity index (χ1n) is 6.37. The Balaban J connectivity index is 2.35. The van der Waals surface area contributed by atoms with Gasteiger partial charge in [0.25, 0.3) is 5.69 Å². The third-order valence-corrected chi connectivity index (χ3v) is 3.84. The minimum absolute atomic E-state index is 0.0750. The van der Waals surface area contributed by atoms with Crippen molar-refractivity contribution in [1.82, 2.24) is 0 Å². The third-order valence-electron chi connectivity index (χ3n) is 3.84. The predicted octanol–water partition coefficient (Wildman–Crippen LogP) is 2.82. The number of non-ortho nitro benzene ring substituents is 1. The number of rotatable bonds is 3. The monoisotopic (exact) mass is 304 g/mol. The van der Waals surface area contributed by atoms with E-state index in [1.54, 1.807) is 13.8 Å². The number of nitro benzene ring substituents is 1. The van der Waals surface area contributed by atoms with Crippen molar-refractivity contribution in [2.24, 2.45) is 5.92 Å². The van der Waals surface area contributed by atoms with Crippen molar-refractivity contribution in [1.29, 1.82) is 0 Å². The highest BCUT2D eigenvalue weighted by Crippen LogP contribution is 2.42. The molecule has 1 aromatic rings. The number of hydrogen-bond acceptors (Lipinski definition) is 4. The minimum atomic E-state index is -4.69. The van der Waals surface area contributed by atoms with Gasteiger partial charge in [-0.05, 0) is 12.0 Å². The first-order chi connectivity index (χ1) is 9.54. The van der Waals surface area contributed by atoms with Crippen molar-refractivity contribution in [2.45, 2.75) is 25.6 Å². The maximum Gasteiger partial charge on any atom is 0.418 e. The third kappa shape index (κ3) is 2.80. The van der Waals surface area contributed by atoms with Gasteiger partial charge in [0, 0.05) is 30.9 Å². The summed E-state index contributed by atoms with van der Waals surface area (Å²) in [6.45, 7) is 3.73. The molecule has 0 radical (unpaired) electrons. The summed E-state index contributed by atoms with van der Waals surface area (Å²) in [4.78, 5) is 11.1. The lowest BCUT2D eigenvalue weighted by Crippen LogP contribution is -2.65. The van der Waals surface area contributed by atoms with Gasteiger partial charge < -0.3 is 10.0 Å². The van der Waals surface area contributed by atoms with Crippen LogP contribution in [0.1, 0.15) is 19.4 Å². The maximum atomic E-state index is 13.1.